The Hall–Kier alpha value is -2.62. The minimum atomic E-state index is -4.51. The van der Waals surface area contributed by atoms with Crippen molar-refractivity contribution in [3.8, 4) is 0 Å². The Kier molecular flexibility index (Phi) is 3.80. The predicted molar refractivity (Wildman–Crippen MR) is 68.1 cm³/mol. The summed E-state index contributed by atoms with van der Waals surface area (Å²) in [7, 11) is -4.51. The molecule has 2 rings (SSSR count). The van der Waals surface area contributed by atoms with Crippen molar-refractivity contribution in [1.29, 1.82) is 0 Å². The number of non-ortho nitro benzene ring substituents is 1. The quantitative estimate of drug-likeness (QED) is 0.687. The van der Waals surface area contributed by atoms with Crippen molar-refractivity contribution >= 4 is 21.4 Å². The summed E-state index contributed by atoms with van der Waals surface area (Å²) in [5.74, 6) is -2.17. The van der Waals surface area contributed by atoms with E-state index in [4.69, 9.17) is 0 Å². The van der Waals surface area contributed by atoms with Crippen molar-refractivity contribution in [2.45, 2.75) is 5.03 Å². The van der Waals surface area contributed by atoms with Crippen molar-refractivity contribution in [3.05, 3.63) is 58.3 Å². The van der Waals surface area contributed by atoms with Gasteiger partial charge >= 0.3 is 0 Å². The molecule has 0 radical (unpaired) electrons. The Labute approximate surface area is 117 Å². The first-order valence-electron chi connectivity index (χ1n) is 5.38. The summed E-state index contributed by atoms with van der Waals surface area (Å²) in [6.07, 6.45) is 1.04. The zero-order chi connectivity index (χ0) is 15.6. The molecule has 0 amide bonds. The van der Waals surface area contributed by atoms with E-state index in [2.05, 4.69) is 4.98 Å². The van der Waals surface area contributed by atoms with E-state index in [-0.39, 0.29) is 0 Å². The van der Waals surface area contributed by atoms with E-state index < -0.39 is 43.0 Å². The minimum absolute atomic E-state index is 0.518. The summed E-state index contributed by atoms with van der Waals surface area (Å²) in [4.78, 5) is 13.1. The van der Waals surface area contributed by atoms with Gasteiger partial charge in [0, 0.05) is 18.3 Å². The molecule has 0 bridgehead atoms. The largest absolute Gasteiger partial charge is 0.282 e. The molecule has 0 saturated carbocycles. The molecule has 1 heterocycles. The topological polar surface area (TPSA) is 102 Å². The molecular weight excluding hydrogens is 308 g/mol. The minimum Gasteiger partial charge on any atom is -0.275 e. The molecule has 0 aliphatic carbocycles. The average Bonchev–Trinajstić information content (AvgIpc) is 2.41. The van der Waals surface area contributed by atoms with Crippen LogP contribution in [0.15, 0.2) is 41.6 Å². The van der Waals surface area contributed by atoms with E-state index in [1.165, 1.54) is 6.07 Å². The van der Waals surface area contributed by atoms with Gasteiger partial charge in [-0.25, -0.2) is 13.8 Å². The third-order valence-corrected chi connectivity index (χ3v) is 3.68. The summed E-state index contributed by atoms with van der Waals surface area (Å²) >= 11 is 0. The summed E-state index contributed by atoms with van der Waals surface area (Å²) in [6, 6.07) is 4.33. The number of rotatable bonds is 4. The number of pyridine rings is 1. The monoisotopic (exact) mass is 315 g/mol. The van der Waals surface area contributed by atoms with Crippen LogP contribution in [0.5, 0.6) is 0 Å². The summed E-state index contributed by atoms with van der Waals surface area (Å²) in [5, 5.41) is 9.65. The fraction of sp³-hybridized carbons (Fsp3) is 0. The molecule has 21 heavy (non-hydrogen) atoms. The Morgan fingerprint density at radius 1 is 1.19 bits per heavy atom. The van der Waals surface area contributed by atoms with Gasteiger partial charge in [-0.3, -0.25) is 14.8 Å². The fourth-order valence-electron chi connectivity index (χ4n) is 1.47. The molecule has 110 valence electrons. The number of anilines is 1. The smallest absolute Gasteiger partial charge is 0.275 e. The molecule has 1 N–H and O–H groups in total. The Balaban J connectivity index is 2.44. The van der Waals surface area contributed by atoms with Crippen LogP contribution in [0.2, 0.25) is 0 Å². The molecule has 7 nitrogen and oxygen atoms in total. The molecule has 1 aromatic heterocycles. The number of nitrogens with zero attached hydrogens (tertiary/aromatic N) is 2. The number of nitro groups is 1. The summed E-state index contributed by atoms with van der Waals surface area (Å²) in [5.41, 5.74) is -1.19. The molecule has 2 aromatic rings. The highest BCUT2D eigenvalue weighted by Crippen LogP contribution is 2.24. The second-order valence-electron chi connectivity index (χ2n) is 3.82. The van der Waals surface area contributed by atoms with Gasteiger partial charge in [0.25, 0.3) is 15.7 Å². The fourth-order valence-corrected chi connectivity index (χ4v) is 2.53. The van der Waals surface area contributed by atoms with Crippen LogP contribution in [-0.2, 0) is 10.0 Å². The van der Waals surface area contributed by atoms with Crippen LogP contribution in [0.3, 0.4) is 0 Å². The third-order valence-electron chi connectivity index (χ3n) is 2.38. The van der Waals surface area contributed by atoms with Crippen LogP contribution in [-0.4, -0.2) is 18.3 Å². The first-order chi connectivity index (χ1) is 9.81. The van der Waals surface area contributed by atoms with Crippen LogP contribution >= 0.6 is 0 Å². The second-order valence-corrected chi connectivity index (χ2v) is 5.41. The van der Waals surface area contributed by atoms with Gasteiger partial charge in [0.05, 0.1) is 10.6 Å². The van der Waals surface area contributed by atoms with Gasteiger partial charge in [-0.2, -0.15) is 8.42 Å². The predicted octanol–water partition coefficient (Wildman–Crippen LogP) is 2.07. The molecule has 0 fully saturated rings. The van der Waals surface area contributed by atoms with Crippen molar-refractivity contribution in [3.63, 3.8) is 0 Å². The van der Waals surface area contributed by atoms with Crippen LogP contribution in [0.4, 0.5) is 20.2 Å². The van der Waals surface area contributed by atoms with Gasteiger partial charge in [-0.15, -0.1) is 0 Å². The van der Waals surface area contributed by atoms with Crippen molar-refractivity contribution in [2.24, 2.45) is 0 Å². The lowest BCUT2D eigenvalue weighted by Gasteiger charge is -2.08. The van der Waals surface area contributed by atoms with Crippen LogP contribution in [0, 0.1) is 21.7 Å². The number of sulfonamides is 1. The first kappa shape index (κ1) is 14.8. The molecular formula is C11H7F2N3O4S. The van der Waals surface area contributed by atoms with Gasteiger partial charge in [-0.1, -0.05) is 0 Å². The number of halogens is 2. The van der Waals surface area contributed by atoms with E-state index in [0.29, 0.717) is 6.07 Å². The zero-order valence-corrected chi connectivity index (χ0v) is 11.0. The van der Waals surface area contributed by atoms with Crippen LogP contribution in [0.25, 0.3) is 0 Å². The maximum atomic E-state index is 13.5. The molecule has 1 aromatic carbocycles. The maximum absolute atomic E-state index is 13.5. The highest BCUT2D eigenvalue weighted by Gasteiger charge is 2.23. The first-order valence-corrected chi connectivity index (χ1v) is 6.87. The van der Waals surface area contributed by atoms with Gasteiger partial charge in [0.2, 0.25) is 5.03 Å². The van der Waals surface area contributed by atoms with Gasteiger partial charge < -0.3 is 0 Å². The van der Waals surface area contributed by atoms with Crippen LogP contribution < -0.4 is 4.72 Å². The average molecular weight is 315 g/mol. The molecule has 0 aliphatic rings. The summed E-state index contributed by atoms with van der Waals surface area (Å²) in [6.45, 7) is 0. The van der Waals surface area contributed by atoms with Crippen molar-refractivity contribution in [2.75, 3.05) is 4.72 Å². The van der Waals surface area contributed by atoms with Crippen molar-refractivity contribution < 1.29 is 22.1 Å². The number of aromatic nitrogens is 1. The lowest BCUT2D eigenvalue weighted by Crippen LogP contribution is -2.17. The molecule has 0 atom stereocenters. The number of hydrogen-bond donors (Lipinski definition) is 1. The lowest BCUT2D eigenvalue weighted by molar-refractivity contribution is -0.384. The highest BCUT2D eigenvalue weighted by molar-refractivity contribution is 7.92. The van der Waals surface area contributed by atoms with Crippen LogP contribution in [0.1, 0.15) is 0 Å². The van der Waals surface area contributed by atoms with E-state index in [1.807, 2.05) is 0 Å². The molecule has 0 unspecified atom stereocenters. The third kappa shape index (κ3) is 3.11. The molecule has 0 saturated heterocycles. The van der Waals surface area contributed by atoms with E-state index in [1.54, 1.807) is 4.72 Å². The molecule has 0 spiro atoms. The lowest BCUT2D eigenvalue weighted by atomic mass is 10.3. The van der Waals surface area contributed by atoms with Gasteiger partial charge in [0.1, 0.15) is 5.82 Å². The Morgan fingerprint density at radius 2 is 1.90 bits per heavy atom. The van der Waals surface area contributed by atoms with Gasteiger partial charge in [0.15, 0.2) is 5.82 Å². The zero-order valence-electron chi connectivity index (χ0n) is 10.2. The summed E-state index contributed by atoms with van der Waals surface area (Å²) < 4.78 is 52.5. The Morgan fingerprint density at radius 3 is 2.52 bits per heavy atom. The highest BCUT2D eigenvalue weighted by atomic mass is 32.2. The molecule has 0 aliphatic heterocycles. The van der Waals surface area contributed by atoms with E-state index in [9.17, 15) is 27.3 Å². The second kappa shape index (κ2) is 5.40. The maximum Gasteiger partial charge on any atom is 0.282 e. The van der Waals surface area contributed by atoms with Gasteiger partial charge in [-0.05, 0) is 18.2 Å². The van der Waals surface area contributed by atoms with Crippen molar-refractivity contribution in [1.82, 2.24) is 4.98 Å². The normalized spacial score (nSPS) is 11.1. The number of benzene rings is 1. The standard InChI is InChI=1S/C11H7F2N3O4S/c12-8-4-3-7(16(17)18)6-10(8)15-21(19,20)11-9(13)2-1-5-14-11/h1-6,15H. The number of nitro benzene ring substituents is 1. The number of nitrogens with one attached hydrogen (secondary N) is 1. The van der Waals surface area contributed by atoms with E-state index >= 15 is 0 Å². The Bertz CT molecular complexity index is 811. The number of hydrogen-bond acceptors (Lipinski definition) is 5. The van der Waals surface area contributed by atoms with E-state index in [0.717, 1.165) is 24.4 Å². The molecule has 10 heteroatoms. The SMILES string of the molecule is O=[N+]([O-])c1ccc(F)c(NS(=O)(=O)c2ncccc2F)c1.